The van der Waals surface area contributed by atoms with Gasteiger partial charge < -0.3 is 48.0 Å². The Morgan fingerprint density at radius 3 is 1.17 bits per heavy atom. The molecule has 0 atom stereocenters. The molecule has 0 unspecified atom stereocenters. The molecule has 0 bridgehead atoms. The summed E-state index contributed by atoms with van der Waals surface area (Å²) in [5.74, 6) is 3.88. The van der Waals surface area contributed by atoms with Crippen molar-refractivity contribution in [1.29, 1.82) is 0 Å². The minimum atomic E-state index is -0.215. The summed E-state index contributed by atoms with van der Waals surface area (Å²) in [6.45, 7) is 15.9. The summed E-state index contributed by atoms with van der Waals surface area (Å²) in [6, 6.07) is 43.2. The second-order valence-corrected chi connectivity index (χ2v) is 22.5. The molecule has 2 aliphatic rings. The average molecular weight is 1040 g/mol. The molecule has 11 heteroatoms. The number of aryl methyl sites for hydroxylation is 6. The van der Waals surface area contributed by atoms with E-state index in [1.165, 1.54) is 118 Å². The van der Waals surface area contributed by atoms with Crippen LogP contribution in [0.15, 0.2) is 127 Å². The smallest absolute Gasteiger partial charge is 0.130 e. The Bertz CT molecular complexity index is 2680. The van der Waals surface area contributed by atoms with Crippen molar-refractivity contribution in [3.63, 3.8) is 0 Å². The van der Waals surface area contributed by atoms with Gasteiger partial charge in [0, 0.05) is 87.6 Å². The number of ether oxygens (including phenoxy) is 4. The molecule has 2 fully saturated rings. The van der Waals surface area contributed by atoms with Crippen molar-refractivity contribution >= 4 is 30.5 Å². The molecule has 2 aliphatic carbocycles. The number of ketones is 2. The van der Waals surface area contributed by atoms with Gasteiger partial charge in [-0.2, -0.15) is 0 Å². The first-order chi connectivity index (χ1) is 36.1. The van der Waals surface area contributed by atoms with Gasteiger partial charge in [0.25, 0.3) is 0 Å². The number of nitrogens with two attached hydrogens (primary N) is 1. The summed E-state index contributed by atoms with van der Waals surface area (Å²) in [7, 11) is 6.65. The topological polar surface area (TPSA) is 112 Å². The molecule has 0 saturated heterocycles. The Labute approximate surface area is 450 Å². The maximum atomic E-state index is 10.2. The van der Waals surface area contributed by atoms with Crippen molar-refractivity contribution in [1.82, 2.24) is 13.7 Å². The number of aromatic nitrogens is 3. The number of hydrogen-bond acceptors (Lipinski definition) is 7. The van der Waals surface area contributed by atoms with Gasteiger partial charge in [0.2, 0.25) is 0 Å². The monoisotopic (exact) mass is 1040 g/mol. The summed E-state index contributed by atoms with van der Waals surface area (Å²) < 4.78 is 28.3. The van der Waals surface area contributed by atoms with E-state index in [1.54, 1.807) is 32.7 Å². The summed E-state index contributed by atoms with van der Waals surface area (Å²) >= 11 is 0. The first kappa shape index (κ1) is 59.4. The molecule has 9 rings (SSSR count). The lowest BCUT2D eigenvalue weighted by molar-refractivity contribution is -0.122. The van der Waals surface area contributed by atoms with Gasteiger partial charge in [-0.15, -0.1) is 0 Å². The van der Waals surface area contributed by atoms with Crippen LogP contribution >= 0.6 is 7.92 Å². The fraction of sp³-hybridized carbons (Fsp3) is 0.406. The highest BCUT2D eigenvalue weighted by molar-refractivity contribution is 7.67. The highest BCUT2D eigenvalue weighted by atomic mass is 31.1. The van der Waals surface area contributed by atoms with Crippen LogP contribution in [0, 0.1) is 41.5 Å². The van der Waals surface area contributed by atoms with E-state index < -0.39 is 0 Å². The van der Waals surface area contributed by atoms with Crippen LogP contribution in [0.2, 0.25) is 0 Å². The molecule has 2 N–H and O–H groups in total. The van der Waals surface area contributed by atoms with Crippen molar-refractivity contribution in [2.45, 2.75) is 144 Å². The molecule has 3 heterocycles. The van der Waals surface area contributed by atoms with Crippen LogP contribution in [0.4, 0.5) is 5.69 Å². The predicted molar refractivity (Wildman–Crippen MR) is 314 cm³/mol. The summed E-state index contributed by atoms with van der Waals surface area (Å²) in [4.78, 5) is 20.4. The van der Waals surface area contributed by atoms with Gasteiger partial charge in [-0.25, -0.2) is 0 Å². The van der Waals surface area contributed by atoms with Crippen molar-refractivity contribution < 1.29 is 28.5 Å². The summed E-state index contributed by atoms with van der Waals surface area (Å²) in [5.41, 5.74) is 19.2. The molecule has 0 amide bonds. The number of carbonyl (C=O) groups is 2. The van der Waals surface area contributed by atoms with Crippen LogP contribution in [-0.4, -0.2) is 65.0 Å². The number of Topliss-reactive ketones (excluding diaryl/α,β-unsaturated/α-hetero) is 2. The summed E-state index contributed by atoms with van der Waals surface area (Å²) in [5, 5.41) is 1.56. The number of benzene rings is 4. The molecule has 75 heavy (non-hydrogen) atoms. The Hall–Kier alpha value is -6.51. The van der Waals surface area contributed by atoms with E-state index in [1.807, 2.05) is 61.7 Å². The molecule has 3 aromatic heterocycles. The van der Waals surface area contributed by atoms with Gasteiger partial charge in [0.1, 0.15) is 34.6 Å². The SMILES string of the molecule is CC(=O)CCC(C)=O.COc1cccc(-n2c(C)ccc2C)c1.COc1cccc(-n2c(C)ccc2C)c1.COc1cccc(-n2c(C)ccc2C)c1P(C1CCCCC1)C1CCCCC1.COc1cccc(N)c1. The molecule has 7 aromatic rings. The molecule has 4 aromatic carbocycles. The van der Waals surface area contributed by atoms with Crippen LogP contribution in [0.3, 0.4) is 0 Å². The van der Waals surface area contributed by atoms with Crippen LogP contribution in [0.5, 0.6) is 23.0 Å². The lowest BCUT2D eigenvalue weighted by Gasteiger charge is -2.40. The van der Waals surface area contributed by atoms with Crippen molar-refractivity contribution in [2.24, 2.45) is 0 Å². The number of rotatable bonds is 13. The average Bonchev–Trinajstić information content (AvgIpc) is 4.08. The van der Waals surface area contributed by atoms with Gasteiger partial charge in [-0.3, -0.25) is 0 Å². The fourth-order valence-corrected chi connectivity index (χ4v) is 14.2. The third kappa shape index (κ3) is 17.3. The lowest BCUT2D eigenvalue weighted by atomic mass is 9.99. The minimum Gasteiger partial charge on any atom is -0.497 e. The van der Waals surface area contributed by atoms with Crippen LogP contribution in [-0.2, 0) is 9.59 Å². The molecule has 0 radical (unpaired) electrons. The largest absolute Gasteiger partial charge is 0.497 e. The van der Waals surface area contributed by atoms with Crippen LogP contribution in [0.1, 0.15) is 125 Å². The van der Waals surface area contributed by atoms with E-state index in [-0.39, 0.29) is 19.5 Å². The molecule has 402 valence electrons. The highest BCUT2D eigenvalue weighted by Gasteiger charge is 2.36. The number of anilines is 1. The lowest BCUT2D eigenvalue weighted by Crippen LogP contribution is -2.29. The minimum absolute atomic E-state index is 0.0835. The van der Waals surface area contributed by atoms with Crippen molar-refractivity contribution in [2.75, 3.05) is 34.2 Å². The normalized spacial score (nSPS) is 13.3. The van der Waals surface area contributed by atoms with Crippen LogP contribution in [0.25, 0.3) is 17.1 Å². The van der Waals surface area contributed by atoms with E-state index >= 15 is 0 Å². The fourth-order valence-electron chi connectivity index (χ4n) is 10.2. The van der Waals surface area contributed by atoms with Gasteiger partial charge in [0.05, 0.1) is 34.1 Å². The third-order valence-corrected chi connectivity index (χ3v) is 17.6. The first-order valence-corrected chi connectivity index (χ1v) is 28.2. The van der Waals surface area contributed by atoms with Gasteiger partial charge in [-0.05, 0) is 177 Å². The quantitative estimate of drug-likeness (QED) is 0.0904. The molecular weight excluding hydrogens is 952 g/mol. The highest BCUT2D eigenvalue weighted by Crippen LogP contribution is 2.57. The maximum Gasteiger partial charge on any atom is 0.130 e. The second-order valence-electron chi connectivity index (χ2n) is 19.8. The molecule has 0 aliphatic heterocycles. The Morgan fingerprint density at radius 1 is 0.467 bits per heavy atom. The Kier molecular flexibility index (Phi) is 23.9. The van der Waals surface area contributed by atoms with Gasteiger partial charge in [0.15, 0.2) is 0 Å². The zero-order valence-corrected chi connectivity index (χ0v) is 48.0. The van der Waals surface area contributed by atoms with E-state index in [0.717, 1.165) is 51.4 Å². The maximum absolute atomic E-state index is 10.2. The third-order valence-electron chi connectivity index (χ3n) is 14.0. The Balaban J connectivity index is 0.000000189. The standard InChI is InChI=1S/C25H36NOP.2C13H15NO.C7H9NO.C6H10O2/c1-19-17-18-20(2)26(19)23-15-10-16-24(27-3)25(23)28(21-11-6-4-7-12-21)22-13-8-5-9-14-22;2*1-10-7-8-11(2)14(10)12-5-4-6-13(9-12)15-3;1-9-7-4-2-3-6(8)5-7;1-5(7)3-4-6(2)8/h10,15-18,21-22H,4-9,11-14H2,1-3H3;2*4-9H,1-3H3;2-5H,8H2,1H3;3-4H2,1-2H3. The number of nitrogen functional groups attached to an aromatic ring is 1. The molecule has 10 nitrogen and oxygen atoms in total. The Morgan fingerprint density at radius 2 is 0.827 bits per heavy atom. The first-order valence-electron chi connectivity index (χ1n) is 26.7. The predicted octanol–water partition coefficient (Wildman–Crippen LogP) is 15.3. The van der Waals surface area contributed by atoms with E-state index in [0.29, 0.717) is 12.8 Å². The molecular formula is C64H85N4O6P. The number of hydrogen-bond donors (Lipinski definition) is 1. The molecule has 2 saturated carbocycles. The number of methoxy groups -OCH3 is 4. The number of nitrogens with zero attached hydrogens (tertiary/aromatic N) is 3. The van der Waals surface area contributed by atoms with Crippen LogP contribution < -0.4 is 30.0 Å². The van der Waals surface area contributed by atoms with Gasteiger partial charge >= 0.3 is 0 Å². The number of carbonyl (C=O) groups excluding carboxylic acids is 2. The van der Waals surface area contributed by atoms with E-state index in [4.69, 9.17) is 24.7 Å². The summed E-state index contributed by atoms with van der Waals surface area (Å²) in [6.07, 6.45) is 15.0. The van der Waals surface area contributed by atoms with E-state index in [2.05, 4.69) is 122 Å². The van der Waals surface area contributed by atoms with Gasteiger partial charge in [-0.1, -0.05) is 70.7 Å². The zero-order chi connectivity index (χ0) is 54.4. The molecule has 0 spiro atoms. The van der Waals surface area contributed by atoms with Crippen molar-refractivity contribution in [3.05, 3.63) is 162 Å². The van der Waals surface area contributed by atoms with Crippen molar-refractivity contribution in [3.8, 4) is 40.1 Å². The van der Waals surface area contributed by atoms with E-state index in [9.17, 15) is 9.59 Å². The second kappa shape index (κ2) is 30.1. The zero-order valence-electron chi connectivity index (χ0n) is 47.1.